The highest BCUT2D eigenvalue weighted by Gasteiger charge is 2.12. The number of nitrogens with zero attached hydrogens (tertiary/aromatic N) is 2. The van der Waals surface area contributed by atoms with E-state index in [1.165, 1.54) is 25.1 Å². The highest BCUT2D eigenvalue weighted by molar-refractivity contribution is 5.56. The van der Waals surface area contributed by atoms with Crippen molar-refractivity contribution in [2.75, 3.05) is 5.32 Å². The van der Waals surface area contributed by atoms with Crippen molar-refractivity contribution in [1.82, 2.24) is 9.97 Å². The third-order valence-electron chi connectivity index (χ3n) is 2.22. The Morgan fingerprint density at radius 2 is 1.89 bits per heavy atom. The second-order valence-corrected chi connectivity index (χ2v) is 3.63. The Kier molecular flexibility index (Phi) is 3.45. The lowest BCUT2D eigenvalue weighted by atomic mass is 10.3. The minimum atomic E-state index is -2.69. The molecule has 0 aliphatic carbocycles. The van der Waals surface area contributed by atoms with Crippen LogP contribution in [0, 0.1) is 12.7 Å². The molecule has 0 aliphatic rings. The quantitative estimate of drug-likeness (QED) is 0.908. The molecule has 1 N–H and O–H groups in total. The van der Waals surface area contributed by atoms with Crippen LogP contribution in [0.2, 0.25) is 0 Å². The summed E-state index contributed by atoms with van der Waals surface area (Å²) in [6.45, 7) is 1.50. The lowest BCUT2D eigenvalue weighted by molar-refractivity contribution is 0.145. The molecule has 0 aliphatic heterocycles. The van der Waals surface area contributed by atoms with Crippen LogP contribution in [0.25, 0.3) is 0 Å². The smallest absolute Gasteiger partial charge is 0.280 e. The van der Waals surface area contributed by atoms with Gasteiger partial charge in [-0.2, -0.15) is 0 Å². The summed E-state index contributed by atoms with van der Waals surface area (Å²) in [7, 11) is 0. The molecule has 94 valence electrons. The summed E-state index contributed by atoms with van der Waals surface area (Å²) in [5, 5.41) is 2.65. The van der Waals surface area contributed by atoms with Gasteiger partial charge in [0.2, 0.25) is 0 Å². The van der Waals surface area contributed by atoms with Crippen LogP contribution in [0.5, 0.6) is 0 Å². The van der Waals surface area contributed by atoms with Gasteiger partial charge in [-0.3, -0.25) is 0 Å². The zero-order valence-electron chi connectivity index (χ0n) is 9.49. The van der Waals surface area contributed by atoms with E-state index < -0.39 is 12.2 Å². The standard InChI is InChI=1S/C12H10F3N3/c1-7-16-10(12(14)15)6-11(17-7)18-9-5-3-2-4-8(9)13/h2-6,12H,1H3,(H,16,17,18). The van der Waals surface area contributed by atoms with E-state index in [1.807, 2.05) is 0 Å². The summed E-state index contributed by atoms with van der Waals surface area (Å²) in [6.07, 6.45) is -2.69. The lowest BCUT2D eigenvalue weighted by Crippen LogP contribution is -2.02. The van der Waals surface area contributed by atoms with E-state index >= 15 is 0 Å². The van der Waals surface area contributed by atoms with Gasteiger partial charge in [-0.1, -0.05) is 12.1 Å². The summed E-state index contributed by atoms with van der Waals surface area (Å²) in [6, 6.07) is 7.03. The molecule has 1 aromatic carbocycles. The molecule has 6 heteroatoms. The first-order valence-corrected chi connectivity index (χ1v) is 5.21. The number of anilines is 2. The van der Waals surface area contributed by atoms with Gasteiger partial charge in [-0.25, -0.2) is 23.1 Å². The van der Waals surface area contributed by atoms with Crippen LogP contribution in [-0.2, 0) is 0 Å². The molecule has 0 atom stereocenters. The van der Waals surface area contributed by atoms with Crippen molar-refractivity contribution in [2.24, 2.45) is 0 Å². The van der Waals surface area contributed by atoms with E-state index in [0.29, 0.717) is 0 Å². The lowest BCUT2D eigenvalue weighted by Gasteiger charge is -2.08. The molecule has 0 amide bonds. The predicted octanol–water partition coefficient (Wildman–Crippen LogP) is 3.61. The van der Waals surface area contributed by atoms with Gasteiger partial charge in [0.1, 0.15) is 23.2 Å². The Hall–Kier alpha value is -2.11. The molecular weight excluding hydrogens is 243 g/mol. The van der Waals surface area contributed by atoms with Crippen LogP contribution in [0.15, 0.2) is 30.3 Å². The maximum atomic E-state index is 13.4. The minimum absolute atomic E-state index is 0.142. The Bertz CT molecular complexity index is 558. The van der Waals surface area contributed by atoms with E-state index in [2.05, 4.69) is 15.3 Å². The molecule has 0 radical (unpaired) electrons. The molecule has 18 heavy (non-hydrogen) atoms. The number of benzene rings is 1. The number of hydrogen-bond acceptors (Lipinski definition) is 3. The number of nitrogens with one attached hydrogen (secondary N) is 1. The van der Waals surface area contributed by atoms with Crippen molar-refractivity contribution in [3.8, 4) is 0 Å². The molecule has 1 heterocycles. The number of aryl methyl sites for hydroxylation is 1. The fraction of sp³-hybridized carbons (Fsp3) is 0.167. The first kappa shape index (κ1) is 12.3. The fourth-order valence-corrected chi connectivity index (χ4v) is 1.47. The monoisotopic (exact) mass is 253 g/mol. The zero-order valence-corrected chi connectivity index (χ0v) is 9.49. The van der Waals surface area contributed by atoms with Crippen molar-refractivity contribution >= 4 is 11.5 Å². The van der Waals surface area contributed by atoms with Gasteiger partial charge in [0, 0.05) is 6.07 Å². The summed E-state index contributed by atoms with van der Waals surface area (Å²) >= 11 is 0. The molecule has 0 fully saturated rings. The van der Waals surface area contributed by atoms with Crippen LogP contribution >= 0.6 is 0 Å². The number of rotatable bonds is 3. The minimum Gasteiger partial charge on any atom is -0.338 e. The van der Waals surface area contributed by atoms with Gasteiger partial charge < -0.3 is 5.32 Å². The average molecular weight is 253 g/mol. The molecule has 3 nitrogen and oxygen atoms in total. The molecule has 0 spiro atoms. The van der Waals surface area contributed by atoms with Crippen molar-refractivity contribution in [3.05, 3.63) is 47.7 Å². The number of aromatic nitrogens is 2. The second kappa shape index (κ2) is 5.03. The largest absolute Gasteiger partial charge is 0.338 e. The average Bonchev–Trinajstić information content (AvgIpc) is 2.31. The van der Waals surface area contributed by atoms with Gasteiger partial charge in [0.05, 0.1) is 5.69 Å². The van der Waals surface area contributed by atoms with E-state index in [1.54, 1.807) is 6.07 Å². The number of halogens is 3. The van der Waals surface area contributed by atoms with Crippen molar-refractivity contribution in [3.63, 3.8) is 0 Å². The zero-order chi connectivity index (χ0) is 13.1. The molecular formula is C12H10F3N3. The van der Waals surface area contributed by atoms with Crippen LogP contribution in [0.1, 0.15) is 17.9 Å². The van der Waals surface area contributed by atoms with Gasteiger partial charge in [-0.05, 0) is 19.1 Å². The van der Waals surface area contributed by atoms with Crippen LogP contribution in [0.4, 0.5) is 24.7 Å². The molecule has 1 aromatic heterocycles. The maximum absolute atomic E-state index is 13.4. The highest BCUT2D eigenvalue weighted by atomic mass is 19.3. The van der Waals surface area contributed by atoms with Gasteiger partial charge in [0.15, 0.2) is 0 Å². The number of para-hydroxylation sites is 1. The summed E-state index contributed by atoms with van der Waals surface area (Å²) < 4.78 is 38.5. The van der Waals surface area contributed by atoms with Crippen molar-refractivity contribution < 1.29 is 13.2 Å². The van der Waals surface area contributed by atoms with Gasteiger partial charge in [-0.15, -0.1) is 0 Å². The molecule has 0 bridgehead atoms. The SMILES string of the molecule is Cc1nc(Nc2ccccc2F)cc(C(F)F)n1. The summed E-state index contributed by atoms with van der Waals surface area (Å²) in [5.41, 5.74) is -0.211. The van der Waals surface area contributed by atoms with Gasteiger partial charge in [0.25, 0.3) is 6.43 Å². The Balaban J connectivity index is 2.32. The number of alkyl halides is 2. The van der Waals surface area contributed by atoms with Crippen molar-refractivity contribution in [2.45, 2.75) is 13.3 Å². The topological polar surface area (TPSA) is 37.8 Å². The molecule has 0 saturated heterocycles. The second-order valence-electron chi connectivity index (χ2n) is 3.63. The summed E-state index contributed by atoms with van der Waals surface area (Å²) in [5.74, 6) is -0.137. The van der Waals surface area contributed by atoms with Gasteiger partial charge >= 0.3 is 0 Å². The molecule has 2 aromatic rings. The Labute approximate surface area is 102 Å². The van der Waals surface area contributed by atoms with Crippen LogP contribution in [0.3, 0.4) is 0 Å². The molecule has 0 unspecified atom stereocenters. The van der Waals surface area contributed by atoms with E-state index in [0.717, 1.165) is 6.07 Å². The maximum Gasteiger partial charge on any atom is 0.280 e. The third-order valence-corrected chi connectivity index (χ3v) is 2.22. The normalized spacial score (nSPS) is 10.7. The molecule has 2 rings (SSSR count). The predicted molar refractivity (Wildman–Crippen MR) is 61.4 cm³/mol. The Morgan fingerprint density at radius 1 is 1.17 bits per heavy atom. The van der Waals surface area contributed by atoms with Crippen LogP contribution in [-0.4, -0.2) is 9.97 Å². The van der Waals surface area contributed by atoms with E-state index in [-0.39, 0.29) is 23.0 Å². The highest BCUT2D eigenvalue weighted by Crippen LogP contribution is 2.22. The molecule has 0 saturated carbocycles. The third kappa shape index (κ3) is 2.77. The number of hydrogen-bond donors (Lipinski definition) is 1. The van der Waals surface area contributed by atoms with E-state index in [4.69, 9.17) is 0 Å². The fourth-order valence-electron chi connectivity index (χ4n) is 1.47. The van der Waals surface area contributed by atoms with E-state index in [9.17, 15) is 13.2 Å². The van der Waals surface area contributed by atoms with Crippen molar-refractivity contribution in [1.29, 1.82) is 0 Å². The van der Waals surface area contributed by atoms with Crippen LogP contribution < -0.4 is 5.32 Å². The Morgan fingerprint density at radius 3 is 2.56 bits per heavy atom. The first-order valence-electron chi connectivity index (χ1n) is 5.21. The first-order chi connectivity index (χ1) is 8.56. The summed E-state index contributed by atoms with van der Waals surface area (Å²) in [4.78, 5) is 7.53.